The van der Waals surface area contributed by atoms with E-state index in [4.69, 9.17) is 0 Å². The van der Waals surface area contributed by atoms with E-state index in [0.29, 0.717) is 17.4 Å². The average Bonchev–Trinajstić information content (AvgIpc) is 3.36. The summed E-state index contributed by atoms with van der Waals surface area (Å²) in [6, 6.07) is 9.38. The zero-order chi connectivity index (χ0) is 17.4. The van der Waals surface area contributed by atoms with Gasteiger partial charge in [-0.2, -0.15) is 0 Å². The Balaban J connectivity index is 1.35. The van der Waals surface area contributed by atoms with Crippen molar-refractivity contribution in [3.63, 3.8) is 0 Å². The first-order chi connectivity index (χ1) is 12.2. The zero-order valence-electron chi connectivity index (χ0n) is 13.9. The van der Waals surface area contributed by atoms with Crippen LogP contribution in [0, 0.1) is 0 Å². The molecule has 25 heavy (non-hydrogen) atoms. The van der Waals surface area contributed by atoms with Gasteiger partial charge in [0.15, 0.2) is 11.9 Å². The van der Waals surface area contributed by atoms with E-state index in [0.717, 1.165) is 31.5 Å². The quantitative estimate of drug-likeness (QED) is 0.732. The number of aliphatic hydroxyl groups is 2. The minimum Gasteiger partial charge on any atom is -0.388 e. The number of nitrogens with zero attached hydrogens (tertiary/aromatic N) is 3. The lowest BCUT2D eigenvalue weighted by atomic mass is 9.79. The van der Waals surface area contributed by atoms with Crippen LogP contribution in [0.25, 0.3) is 0 Å². The van der Waals surface area contributed by atoms with Crippen LogP contribution in [0.3, 0.4) is 0 Å². The smallest absolute Gasteiger partial charge is 0.253 e. The molecule has 2 aromatic rings. The van der Waals surface area contributed by atoms with Gasteiger partial charge < -0.3 is 20.1 Å². The van der Waals surface area contributed by atoms with Crippen LogP contribution in [-0.4, -0.2) is 36.9 Å². The van der Waals surface area contributed by atoms with Crippen molar-refractivity contribution in [1.29, 1.82) is 0 Å². The Morgan fingerprint density at radius 2 is 1.96 bits per heavy atom. The zero-order valence-corrected chi connectivity index (χ0v) is 13.9. The van der Waals surface area contributed by atoms with Crippen LogP contribution >= 0.6 is 0 Å². The van der Waals surface area contributed by atoms with Crippen LogP contribution in [-0.2, 0) is 11.4 Å². The summed E-state index contributed by atoms with van der Waals surface area (Å²) in [6.45, 7) is -0.0976. The maximum atomic E-state index is 12.2. The molecule has 4 rings (SSSR count). The fourth-order valence-electron chi connectivity index (χ4n) is 3.47. The number of hydrogen-bond acceptors (Lipinski definition) is 5. The van der Waals surface area contributed by atoms with E-state index in [-0.39, 0.29) is 24.5 Å². The molecular weight excluding hydrogens is 320 g/mol. The normalized spacial score (nSPS) is 23.8. The Morgan fingerprint density at radius 3 is 2.60 bits per heavy atom. The molecule has 132 valence electrons. The molecule has 1 amide bonds. The highest BCUT2D eigenvalue weighted by atomic mass is 16.3. The van der Waals surface area contributed by atoms with E-state index >= 15 is 0 Å². The maximum absolute atomic E-state index is 12.2. The Morgan fingerprint density at radius 1 is 1.24 bits per heavy atom. The van der Waals surface area contributed by atoms with Gasteiger partial charge in [-0.05, 0) is 31.2 Å². The fourth-order valence-corrected chi connectivity index (χ4v) is 3.47. The van der Waals surface area contributed by atoms with Gasteiger partial charge in [-0.1, -0.05) is 30.3 Å². The molecule has 0 aliphatic heterocycles. The highest BCUT2D eigenvalue weighted by molar-refractivity contribution is 5.82. The van der Waals surface area contributed by atoms with Crippen LogP contribution in [0.4, 0.5) is 0 Å². The molecule has 0 saturated heterocycles. The molecule has 1 atom stereocenters. The SMILES string of the molecule is O=C(NC1CC(c2nnc(CO)n2C2CC2)C1)[C@@H](O)c1ccccc1. The summed E-state index contributed by atoms with van der Waals surface area (Å²) < 4.78 is 2.07. The predicted octanol–water partition coefficient (Wildman–Crippen LogP) is 1.20. The topological polar surface area (TPSA) is 100 Å². The Labute approximate surface area is 145 Å². The molecule has 0 radical (unpaired) electrons. The minimum absolute atomic E-state index is 0.0396. The summed E-state index contributed by atoms with van der Waals surface area (Å²) in [4.78, 5) is 12.2. The Bertz CT molecular complexity index is 751. The Kier molecular flexibility index (Phi) is 4.27. The average molecular weight is 342 g/mol. The van der Waals surface area contributed by atoms with Crippen LogP contribution < -0.4 is 5.32 Å². The van der Waals surface area contributed by atoms with E-state index in [1.54, 1.807) is 24.3 Å². The van der Waals surface area contributed by atoms with E-state index in [9.17, 15) is 15.0 Å². The second-order valence-electron chi connectivity index (χ2n) is 6.92. The summed E-state index contributed by atoms with van der Waals surface area (Å²) in [7, 11) is 0. The van der Waals surface area contributed by atoms with Crippen molar-refractivity contribution in [3.8, 4) is 0 Å². The molecule has 7 heteroatoms. The van der Waals surface area contributed by atoms with Gasteiger partial charge in [-0.3, -0.25) is 4.79 Å². The minimum atomic E-state index is -1.14. The number of hydrogen-bond donors (Lipinski definition) is 3. The summed E-state index contributed by atoms with van der Waals surface area (Å²) in [6.07, 6.45) is 2.63. The predicted molar refractivity (Wildman–Crippen MR) is 89.5 cm³/mol. The van der Waals surface area contributed by atoms with Crippen molar-refractivity contribution >= 4 is 5.91 Å². The molecule has 2 aliphatic carbocycles. The largest absolute Gasteiger partial charge is 0.388 e. The van der Waals surface area contributed by atoms with Crippen LogP contribution in [0.2, 0.25) is 0 Å². The first kappa shape index (κ1) is 16.2. The van der Waals surface area contributed by atoms with Crippen LogP contribution in [0.15, 0.2) is 30.3 Å². The number of aliphatic hydroxyl groups excluding tert-OH is 2. The van der Waals surface area contributed by atoms with Gasteiger partial charge in [0.1, 0.15) is 12.4 Å². The number of nitrogens with one attached hydrogen (secondary N) is 1. The van der Waals surface area contributed by atoms with Gasteiger partial charge in [0, 0.05) is 18.0 Å². The first-order valence-corrected chi connectivity index (χ1v) is 8.75. The summed E-state index contributed by atoms with van der Waals surface area (Å²) >= 11 is 0. The highest BCUT2D eigenvalue weighted by Gasteiger charge is 2.39. The number of carbonyl (C=O) groups excluding carboxylic acids is 1. The molecule has 2 saturated carbocycles. The van der Waals surface area contributed by atoms with E-state index < -0.39 is 6.10 Å². The molecule has 3 N–H and O–H groups in total. The second kappa shape index (κ2) is 6.57. The molecule has 1 aromatic carbocycles. The van der Waals surface area contributed by atoms with E-state index in [1.807, 2.05) is 6.07 Å². The van der Waals surface area contributed by atoms with Crippen LogP contribution in [0.5, 0.6) is 0 Å². The summed E-state index contributed by atoms with van der Waals surface area (Å²) in [5.41, 5.74) is 0.594. The molecule has 2 aliphatic rings. The number of rotatable bonds is 6. The van der Waals surface area contributed by atoms with Gasteiger partial charge >= 0.3 is 0 Å². The van der Waals surface area contributed by atoms with Gasteiger partial charge in [0.2, 0.25) is 0 Å². The molecule has 7 nitrogen and oxygen atoms in total. The molecule has 0 spiro atoms. The second-order valence-corrected chi connectivity index (χ2v) is 6.92. The fraction of sp³-hybridized carbons (Fsp3) is 0.500. The lowest BCUT2D eigenvalue weighted by Crippen LogP contribution is -2.45. The Hall–Kier alpha value is -2.25. The number of carbonyl (C=O) groups is 1. The molecular formula is C18H22N4O3. The third-order valence-corrected chi connectivity index (χ3v) is 5.06. The van der Waals surface area contributed by atoms with Crippen molar-refractivity contribution in [1.82, 2.24) is 20.1 Å². The molecule has 1 aromatic heterocycles. The number of amides is 1. The van der Waals surface area contributed by atoms with Gasteiger partial charge in [-0.25, -0.2) is 0 Å². The lowest BCUT2D eigenvalue weighted by molar-refractivity contribution is -0.131. The molecule has 0 unspecified atom stereocenters. The molecule has 2 fully saturated rings. The van der Waals surface area contributed by atoms with Crippen molar-refractivity contribution in [2.24, 2.45) is 0 Å². The number of benzene rings is 1. The van der Waals surface area contributed by atoms with E-state index in [2.05, 4.69) is 20.1 Å². The van der Waals surface area contributed by atoms with Gasteiger partial charge in [0.05, 0.1) is 0 Å². The van der Waals surface area contributed by atoms with Crippen molar-refractivity contribution in [2.75, 3.05) is 0 Å². The highest BCUT2D eigenvalue weighted by Crippen LogP contribution is 2.42. The number of aromatic nitrogens is 3. The summed E-state index contributed by atoms with van der Waals surface area (Å²) in [5, 5.41) is 30.8. The van der Waals surface area contributed by atoms with Gasteiger partial charge in [-0.15, -0.1) is 10.2 Å². The third kappa shape index (κ3) is 3.17. The standard InChI is InChI=1S/C18H22N4O3/c23-10-15-20-21-17(22(15)14-6-7-14)12-8-13(9-12)19-18(25)16(24)11-4-2-1-3-5-11/h1-5,12-14,16,23-24H,6-10H2,(H,19,25)/t12?,13?,16-/m0/s1. The van der Waals surface area contributed by atoms with E-state index in [1.165, 1.54) is 0 Å². The maximum Gasteiger partial charge on any atom is 0.253 e. The van der Waals surface area contributed by atoms with Crippen molar-refractivity contribution < 1.29 is 15.0 Å². The van der Waals surface area contributed by atoms with Crippen molar-refractivity contribution in [2.45, 2.75) is 56.4 Å². The summed E-state index contributed by atoms with van der Waals surface area (Å²) in [5.74, 6) is 1.42. The van der Waals surface area contributed by atoms with Gasteiger partial charge in [0.25, 0.3) is 5.91 Å². The lowest BCUT2D eigenvalue weighted by Gasteiger charge is -2.35. The van der Waals surface area contributed by atoms with Crippen molar-refractivity contribution in [3.05, 3.63) is 47.5 Å². The molecule has 1 heterocycles. The first-order valence-electron chi connectivity index (χ1n) is 8.75. The third-order valence-electron chi connectivity index (χ3n) is 5.06. The molecule has 0 bridgehead atoms. The van der Waals surface area contributed by atoms with Crippen LogP contribution in [0.1, 0.15) is 61.0 Å². The monoisotopic (exact) mass is 342 g/mol.